The van der Waals surface area contributed by atoms with Gasteiger partial charge in [-0.2, -0.15) is 10.5 Å². The lowest BCUT2D eigenvalue weighted by atomic mass is 10.3. The molecule has 0 aromatic carbocycles. The quantitative estimate of drug-likeness (QED) is 0.539. The molecular weight excluding hydrogens is 176 g/mol. The average molecular weight is 188 g/mol. The average Bonchev–Trinajstić information content (AvgIpc) is 2.37. The molecule has 1 aliphatic heterocycles. The van der Waals surface area contributed by atoms with E-state index in [0.29, 0.717) is 5.82 Å². The van der Waals surface area contributed by atoms with Crippen molar-refractivity contribution in [1.82, 2.24) is 9.80 Å². The van der Waals surface area contributed by atoms with E-state index in [0.717, 1.165) is 11.4 Å². The van der Waals surface area contributed by atoms with Crippen LogP contribution in [0, 0.1) is 22.7 Å². The number of hydrogen-bond donors (Lipinski definition) is 0. The molecular formula is C10H12N4. The van der Waals surface area contributed by atoms with Crippen molar-refractivity contribution in [2.75, 3.05) is 14.1 Å². The summed E-state index contributed by atoms with van der Waals surface area (Å²) in [6.45, 7) is 3.93. The maximum absolute atomic E-state index is 8.79. The van der Waals surface area contributed by atoms with Crippen molar-refractivity contribution in [3.8, 4) is 12.1 Å². The Morgan fingerprint density at radius 2 is 1.36 bits per heavy atom. The zero-order valence-electron chi connectivity index (χ0n) is 8.79. The molecule has 0 fully saturated rings. The predicted octanol–water partition coefficient (Wildman–Crippen LogP) is 1.37. The van der Waals surface area contributed by atoms with Crippen molar-refractivity contribution in [1.29, 1.82) is 10.5 Å². The van der Waals surface area contributed by atoms with Gasteiger partial charge >= 0.3 is 0 Å². The van der Waals surface area contributed by atoms with Crippen LogP contribution in [0.25, 0.3) is 0 Å². The first kappa shape index (κ1) is 10.1. The van der Waals surface area contributed by atoms with Crippen molar-refractivity contribution in [3.63, 3.8) is 0 Å². The van der Waals surface area contributed by atoms with Gasteiger partial charge in [0.05, 0.1) is 0 Å². The number of nitriles is 2. The fourth-order valence-corrected chi connectivity index (χ4v) is 1.49. The highest BCUT2D eigenvalue weighted by Gasteiger charge is 2.26. The maximum Gasteiger partial charge on any atom is 0.170 e. The minimum Gasteiger partial charge on any atom is -0.331 e. The van der Waals surface area contributed by atoms with E-state index in [4.69, 9.17) is 10.5 Å². The van der Waals surface area contributed by atoms with Gasteiger partial charge in [-0.25, -0.2) is 0 Å². The van der Waals surface area contributed by atoms with Gasteiger partial charge in [0.1, 0.15) is 18.0 Å². The number of hydrogen-bond acceptors (Lipinski definition) is 4. The molecule has 14 heavy (non-hydrogen) atoms. The van der Waals surface area contributed by atoms with Gasteiger partial charge in [-0.05, 0) is 13.8 Å². The Bertz CT molecular complexity index is 367. The van der Waals surface area contributed by atoms with Crippen LogP contribution in [-0.2, 0) is 0 Å². The standard InChI is InChI=1S/C10H12N4/c1-7-8(2)14(4)10(13(7)3)9(5-11)6-12/h1-4H3. The predicted molar refractivity (Wildman–Crippen MR) is 52.2 cm³/mol. The zero-order chi connectivity index (χ0) is 10.9. The van der Waals surface area contributed by atoms with Crippen molar-refractivity contribution >= 4 is 0 Å². The Hall–Kier alpha value is -1.94. The molecule has 4 nitrogen and oxygen atoms in total. The van der Waals surface area contributed by atoms with Gasteiger partial charge in [0.15, 0.2) is 5.57 Å². The molecule has 4 heteroatoms. The van der Waals surface area contributed by atoms with E-state index in [1.54, 1.807) is 0 Å². The molecule has 1 heterocycles. The first-order valence-corrected chi connectivity index (χ1v) is 4.24. The van der Waals surface area contributed by atoms with E-state index in [1.165, 1.54) is 0 Å². The molecule has 0 unspecified atom stereocenters. The second-order valence-electron chi connectivity index (χ2n) is 3.21. The summed E-state index contributed by atoms with van der Waals surface area (Å²) in [4.78, 5) is 3.72. The van der Waals surface area contributed by atoms with Crippen LogP contribution in [0.2, 0.25) is 0 Å². The summed E-state index contributed by atoms with van der Waals surface area (Å²) in [5.41, 5.74) is 2.27. The third-order valence-electron chi connectivity index (χ3n) is 2.61. The molecule has 0 amide bonds. The van der Waals surface area contributed by atoms with E-state index >= 15 is 0 Å². The van der Waals surface area contributed by atoms with E-state index in [9.17, 15) is 0 Å². The first-order valence-electron chi connectivity index (χ1n) is 4.24. The molecule has 0 N–H and O–H groups in total. The Morgan fingerprint density at radius 3 is 1.64 bits per heavy atom. The molecule has 0 spiro atoms. The fraction of sp³-hybridized carbons (Fsp3) is 0.400. The Balaban J connectivity index is 3.30. The van der Waals surface area contributed by atoms with Crippen LogP contribution in [-0.4, -0.2) is 23.9 Å². The van der Waals surface area contributed by atoms with Crippen molar-refractivity contribution < 1.29 is 0 Å². The summed E-state index contributed by atoms with van der Waals surface area (Å²) in [5, 5.41) is 17.6. The molecule has 1 aliphatic rings. The smallest absolute Gasteiger partial charge is 0.170 e. The van der Waals surface area contributed by atoms with E-state index in [-0.39, 0.29) is 5.57 Å². The van der Waals surface area contributed by atoms with Gasteiger partial charge in [0.2, 0.25) is 0 Å². The van der Waals surface area contributed by atoms with E-state index in [1.807, 2.05) is 49.9 Å². The third-order valence-corrected chi connectivity index (χ3v) is 2.61. The minimum absolute atomic E-state index is 0.145. The lowest BCUT2D eigenvalue weighted by Crippen LogP contribution is -2.20. The van der Waals surface area contributed by atoms with Crippen LogP contribution in [0.5, 0.6) is 0 Å². The van der Waals surface area contributed by atoms with Crippen molar-refractivity contribution in [3.05, 3.63) is 22.8 Å². The van der Waals surface area contributed by atoms with Gasteiger partial charge in [0.25, 0.3) is 0 Å². The second-order valence-corrected chi connectivity index (χ2v) is 3.21. The molecule has 0 aromatic heterocycles. The van der Waals surface area contributed by atoms with Gasteiger partial charge in [-0.3, -0.25) is 0 Å². The summed E-state index contributed by atoms with van der Waals surface area (Å²) in [6.07, 6.45) is 0. The molecule has 0 aromatic rings. The molecule has 72 valence electrons. The number of allylic oxidation sites excluding steroid dienone is 3. The molecule has 1 rings (SSSR count). The highest BCUT2D eigenvalue weighted by atomic mass is 15.4. The first-order chi connectivity index (χ1) is 6.54. The van der Waals surface area contributed by atoms with Crippen LogP contribution in [0.4, 0.5) is 0 Å². The summed E-state index contributed by atoms with van der Waals surface area (Å²) in [5.74, 6) is 0.657. The fourth-order valence-electron chi connectivity index (χ4n) is 1.49. The van der Waals surface area contributed by atoms with Crippen LogP contribution in [0.15, 0.2) is 22.8 Å². The van der Waals surface area contributed by atoms with E-state index < -0.39 is 0 Å². The van der Waals surface area contributed by atoms with Gasteiger partial charge in [-0.15, -0.1) is 0 Å². The highest BCUT2D eigenvalue weighted by molar-refractivity contribution is 5.43. The maximum atomic E-state index is 8.79. The van der Waals surface area contributed by atoms with Crippen LogP contribution in [0.3, 0.4) is 0 Å². The topological polar surface area (TPSA) is 54.1 Å². The van der Waals surface area contributed by atoms with E-state index in [2.05, 4.69) is 0 Å². The van der Waals surface area contributed by atoms with Crippen LogP contribution in [0.1, 0.15) is 13.8 Å². The van der Waals surface area contributed by atoms with Crippen molar-refractivity contribution in [2.45, 2.75) is 13.8 Å². The largest absolute Gasteiger partial charge is 0.331 e. The highest BCUT2D eigenvalue weighted by Crippen LogP contribution is 2.30. The molecule has 0 radical (unpaired) electrons. The molecule has 0 bridgehead atoms. The Kier molecular flexibility index (Phi) is 2.49. The zero-order valence-corrected chi connectivity index (χ0v) is 8.79. The van der Waals surface area contributed by atoms with Crippen molar-refractivity contribution in [2.24, 2.45) is 0 Å². The van der Waals surface area contributed by atoms with Crippen LogP contribution < -0.4 is 0 Å². The number of rotatable bonds is 0. The SMILES string of the molecule is CC1=C(C)N(C)C(=C(C#N)C#N)N1C. The lowest BCUT2D eigenvalue weighted by molar-refractivity contribution is 0.419. The monoisotopic (exact) mass is 188 g/mol. The second kappa shape index (κ2) is 3.43. The third kappa shape index (κ3) is 1.22. The molecule has 0 saturated heterocycles. The normalized spacial score (nSPS) is 15.7. The van der Waals surface area contributed by atoms with Crippen LogP contribution >= 0.6 is 0 Å². The van der Waals surface area contributed by atoms with Gasteiger partial charge < -0.3 is 9.80 Å². The summed E-state index contributed by atoms with van der Waals surface area (Å²) in [7, 11) is 3.71. The Labute approximate surface area is 83.9 Å². The minimum atomic E-state index is 0.145. The molecule has 0 saturated carbocycles. The lowest BCUT2D eigenvalue weighted by Gasteiger charge is -2.19. The number of nitrogens with zero attached hydrogens (tertiary/aromatic N) is 4. The summed E-state index contributed by atoms with van der Waals surface area (Å²) >= 11 is 0. The molecule has 0 aliphatic carbocycles. The van der Waals surface area contributed by atoms with Gasteiger partial charge in [-0.1, -0.05) is 0 Å². The van der Waals surface area contributed by atoms with Gasteiger partial charge in [0, 0.05) is 25.5 Å². The molecule has 0 atom stereocenters. The summed E-state index contributed by atoms with van der Waals surface area (Å²) < 4.78 is 0. The summed E-state index contributed by atoms with van der Waals surface area (Å²) in [6, 6.07) is 3.81. The Morgan fingerprint density at radius 1 is 1.00 bits per heavy atom.